The van der Waals surface area contributed by atoms with E-state index in [0.29, 0.717) is 5.69 Å². The molecule has 0 radical (unpaired) electrons. The van der Waals surface area contributed by atoms with Crippen LogP contribution in [0.2, 0.25) is 0 Å². The van der Waals surface area contributed by atoms with E-state index in [1.165, 1.54) is 12.1 Å². The van der Waals surface area contributed by atoms with Gasteiger partial charge in [0, 0.05) is 17.4 Å². The molecular weight excluding hydrogens is 453 g/mol. The highest BCUT2D eigenvalue weighted by atomic mass is 19.4. The minimum absolute atomic E-state index is 0.0553. The quantitative estimate of drug-likeness (QED) is 0.316. The van der Waals surface area contributed by atoms with Crippen LogP contribution in [-0.4, -0.2) is 20.8 Å². The molecule has 4 aromatic rings. The van der Waals surface area contributed by atoms with E-state index in [9.17, 15) is 18.3 Å². The van der Waals surface area contributed by atoms with Crippen molar-refractivity contribution < 1.29 is 23.0 Å². The monoisotopic (exact) mass is 480 g/mol. The lowest BCUT2D eigenvalue weighted by Crippen LogP contribution is -2.15. The lowest BCUT2D eigenvalue weighted by Gasteiger charge is -2.14. The molecule has 4 rings (SSSR count). The summed E-state index contributed by atoms with van der Waals surface area (Å²) in [5, 5.41) is 10.5. The third-order valence-electron chi connectivity index (χ3n) is 5.51. The highest BCUT2D eigenvalue weighted by Crippen LogP contribution is 2.38. The molecular formula is C28H27F3N2O2. The van der Waals surface area contributed by atoms with Crippen molar-refractivity contribution in [1.29, 1.82) is 0 Å². The molecule has 0 aliphatic carbocycles. The zero-order valence-electron chi connectivity index (χ0n) is 20.0. The fraction of sp³-hybridized carbons (Fsp3) is 0.250. The first kappa shape index (κ1) is 24.5. The van der Waals surface area contributed by atoms with Gasteiger partial charge in [0.1, 0.15) is 17.2 Å². The van der Waals surface area contributed by atoms with Crippen molar-refractivity contribution in [3.8, 4) is 34.0 Å². The van der Waals surface area contributed by atoms with Gasteiger partial charge in [-0.2, -0.15) is 13.2 Å². The summed E-state index contributed by atoms with van der Waals surface area (Å²) in [5.41, 5.74) is 0.669. The van der Waals surface area contributed by atoms with Gasteiger partial charge < -0.3 is 9.84 Å². The van der Waals surface area contributed by atoms with E-state index in [1.54, 1.807) is 30.7 Å². The van der Waals surface area contributed by atoms with Gasteiger partial charge in [-0.3, -0.25) is 4.57 Å². The van der Waals surface area contributed by atoms with E-state index in [-0.39, 0.29) is 23.2 Å². The molecule has 3 aromatic carbocycles. The van der Waals surface area contributed by atoms with Crippen LogP contribution in [0.15, 0.2) is 79.0 Å². The first-order valence-electron chi connectivity index (χ1n) is 11.3. The van der Waals surface area contributed by atoms with Crippen LogP contribution in [0.4, 0.5) is 13.2 Å². The van der Waals surface area contributed by atoms with Gasteiger partial charge >= 0.3 is 6.18 Å². The predicted octanol–water partition coefficient (Wildman–Crippen LogP) is 7.24. The summed E-state index contributed by atoms with van der Waals surface area (Å²) in [7, 11) is 0. The van der Waals surface area contributed by atoms with E-state index in [2.05, 4.69) is 4.98 Å². The van der Waals surface area contributed by atoms with Gasteiger partial charge in [-0.15, -0.1) is 0 Å². The number of aliphatic hydroxyl groups is 1. The molecule has 0 fully saturated rings. The van der Waals surface area contributed by atoms with Crippen LogP contribution in [0, 0.1) is 0 Å². The third kappa shape index (κ3) is 5.41. The number of halogens is 3. The van der Waals surface area contributed by atoms with Crippen LogP contribution >= 0.6 is 0 Å². The zero-order valence-corrected chi connectivity index (χ0v) is 20.0. The molecule has 182 valence electrons. The lowest BCUT2D eigenvalue weighted by molar-refractivity contribution is -0.137. The Hall–Kier alpha value is -3.58. The molecule has 35 heavy (non-hydrogen) atoms. The lowest BCUT2D eigenvalue weighted by atomic mass is 10.0. The van der Waals surface area contributed by atoms with Gasteiger partial charge in [0.15, 0.2) is 0 Å². The maximum absolute atomic E-state index is 13.8. The molecule has 0 aliphatic rings. The third-order valence-corrected chi connectivity index (χ3v) is 5.51. The largest absolute Gasteiger partial charge is 0.491 e. The Morgan fingerprint density at radius 3 is 1.97 bits per heavy atom. The van der Waals surface area contributed by atoms with E-state index in [0.717, 1.165) is 22.9 Å². The summed E-state index contributed by atoms with van der Waals surface area (Å²) in [6.45, 7) is 7.03. The second-order valence-corrected chi connectivity index (χ2v) is 9.16. The molecule has 1 heterocycles. The second-order valence-electron chi connectivity index (χ2n) is 9.16. The van der Waals surface area contributed by atoms with E-state index >= 15 is 0 Å². The molecule has 4 nitrogen and oxygen atoms in total. The number of nitrogens with zero attached hydrogens (tertiary/aromatic N) is 2. The van der Waals surface area contributed by atoms with Gasteiger partial charge in [0.05, 0.1) is 17.4 Å². The Bertz CT molecular complexity index is 1300. The van der Waals surface area contributed by atoms with Crippen molar-refractivity contribution in [3.05, 3.63) is 90.3 Å². The SMILES string of the molecule is CC(C)Oc1ccc(-c2ccc(-n3cc(C(C)(C)O)nc3-c3ccccc3C(F)(F)F)cc2)cc1. The normalized spacial score (nSPS) is 12.3. The number of hydrogen-bond donors (Lipinski definition) is 1. The molecule has 0 saturated carbocycles. The fourth-order valence-corrected chi connectivity index (χ4v) is 3.80. The van der Waals surface area contributed by atoms with Crippen LogP contribution in [0.3, 0.4) is 0 Å². The second kappa shape index (κ2) is 9.23. The Kier molecular flexibility index (Phi) is 6.47. The van der Waals surface area contributed by atoms with Gasteiger partial charge in [0.25, 0.3) is 0 Å². The molecule has 0 unspecified atom stereocenters. The highest BCUT2D eigenvalue weighted by Gasteiger charge is 2.35. The molecule has 1 aromatic heterocycles. The number of imidazole rings is 1. The number of benzene rings is 3. The number of rotatable bonds is 6. The Morgan fingerprint density at radius 1 is 0.857 bits per heavy atom. The maximum atomic E-state index is 13.8. The van der Waals surface area contributed by atoms with Crippen molar-refractivity contribution in [3.63, 3.8) is 0 Å². The molecule has 0 aliphatic heterocycles. The Morgan fingerprint density at radius 2 is 1.43 bits per heavy atom. The first-order chi connectivity index (χ1) is 16.4. The van der Waals surface area contributed by atoms with Crippen molar-refractivity contribution in [1.82, 2.24) is 9.55 Å². The van der Waals surface area contributed by atoms with Crippen molar-refractivity contribution in [2.75, 3.05) is 0 Å². The van der Waals surface area contributed by atoms with Crippen LogP contribution in [0.25, 0.3) is 28.2 Å². The average Bonchev–Trinajstić information content (AvgIpc) is 3.25. The molecule has 0 amide bonds. The van der Waals surface area contributed by atoms with Crippen LogP contribution in [-0.2, 0) is 11.8 Å². The highest BCUT2D eigenvalue weighted by molar-refractivity contribution is 5.68. The fourth-order valence-electron chi connectivity index (χ4n) is 3.80. The topological polar surface area (TPSA) is 47.3 Å². The molecule has 0 bridgehead atoms. The van der Waals surface area contributed by atoms with Gasteiger partial charge in [0.2, 0.25) is 0 Å². The molecule has 7 heteroatoms. The summed E-state index contributed by atoms with van der Waals surface area (Å²) in [4.78, 5) is 4.42. The predicted molar refractivity (Wildman–Crippen MR) is 130 cm³/mol. The standard InChI is InChI=1S/C28H27F3N2O2/c1-18(2)35-22-15-11-20(12-16-22)19-9-13-21(14-10-19)33-17-25(27(3,4)34)32-26(33)23-7-5-6-8-24(23)28(29,30)31/h5-18,34H,1-4H3. The first-order valence-corrected chi connectivity index (χ1v) is 11.3. The number of hydrogen-bond acceptors (Lipinski definition) is 3. The average molecular weight is 481 g/mol. The van der Waals surface area contributed by atoms with E-state index < -0.39 is 17.3 Å². The Balaban J connectivity index is 1.76. The summed E-state index contributed by atoms with van der Waals surface area (Å²) >= 11 is 0. The number of alkyl halides is 3. The smallest absolute Gasteiger partial charge is 0.417 e. The van der Waals surface area contributed by atoms with Crippen molar-refractivity contribution >= 4 is 0 Å². The summed E-state index contributed by atoms with van der Waals surface area (Å²) in [5.74, 6) is 0.892. The van der Waals surface area contributed by atoms with E-state index in [4.69, 9.17) is 4.74 Å². The zero-order chi connectivity index (χ0) is 25.4. The van der Waals surface area contributed by atoms with Gasteiger partial charge in [-0.05, 0) is 69.2 Å². The molecule has 0 spiro atoms. The summed E-state index contributed by atoms with van der Waals surface area (Å²) in [6.07, 6.45) is -2.88. The summed E-state index contributed by atoms with van der Waals surface area (Å²) in [6, 6.07) is 20.5. The van der Waals surface area contributed by atoms with Crippen molar-refractivity contribution in [2.24, 2.45) is 0 Å². The van der Waals surface area contributed by atoms with Crippen LogP contribution in [0.5, 0.6) is 5.75 Å². The maximum Gasteiger partial charge on any atom is 0.417 e. The van der Waals surface area contributed by atoms with Gasteiger partial charge in [-0.1, -0.05) is 42.5 Å². The molecule has 0 saturated heterocycles. The number of aromatic nitrogens is 2. The minimum Gasteiger partial charge on any atom is -0.491 e. The van der Waals surface area contributed by atoms with Crippen molar-refractivity contribution in [2.45, 2.75) is 45.6 Å². The number of ether oxygens (including phenoxy) is 1. The Labute approximate surface area is 202 Å². The van der Waals surface area contributed by atoms with Crippen LogP contribution in [0.1, 0.15) is 39.0 Å². The minimum atomic E-state index is -4.54. The van der Waals surface area contributed by atoms with E-state index in [1.807, 2.05) is 62.4 Å². The van der Waals surface area contributed by atoms with Crippen LogP contribution < -0.4 is 4.74 Å². The summed E-state index contributed by atoms with van der Waals surface area (Å²) < 4.78 is 48.5. The molecule has 0 atom stereocenters. The molecule has 1 N–H and O–H groups in total. The van der Waals surface area contributed by atoms with Gasteiger partial charge in [-0.25, -0.2) is 4.98 Å².